The van der Waals surface area contributed by atoms with Crippen LogP contribution < -0.4 is 21.2 Å². The van der Waals surface area contributed by atoms with Crippen molar-refractivity contribution in [3.05, 3.63) is 121 Å². The second-order valence-corrected chi connectivity index (χ2v) is 12.0. The molecule has 0 spiro atoms. The quantitative estimate of drug-likeness (QED) is 0.140. The van der Waals surface area contributed by atoms with E-state index >= 15 is 0 Å². The van der Waals surface area contributed by atoms with Gasteiger partial charge in [-0.05, 0) is 62.2 Å². The zero-order valence-electron chi connectivity index (χ0n) is 17.6. The van der Waals surface area contributed by atoms with Crippen LogP contribution in [0, 0.1) is 0 Å². The molecule has 4 aromatic carbocycles. The summed E-state index contributed by atoms with van der Waals surface area (Å²) >= 11 is 0. The number of hydrogen-bond acceptors (Lipinski definition) is 0. The maximum absolute atomic E-state index is 2.31. The van der Waals surface area contributed by atoms with E-state index in [-0.39, 0.29) is 36.3 Å². The third kappa shape index (κ3) is 6.94. The normalized spacial score (nSPS) is 10.8. The van der Waals surface area contributed by atoms with Crippen LogP contribution in [0.25, 0.3) is 0 Å². The van der Waals surface area contributed by atoms with Gasteiger partial charge in [0.2, 0.25) is 0 Å². The molecule has 0 saturated carbocycles. The number of hydrogen-bond donors (Lipinski definition) is 0. The minimum absolute atomic E-state index is 0. The number of rotatable bonds is 9. The fourth-order valence-corrected chi connectivity index (χ4v) is 8.62. The summed E-state index contributed by atoms with van der Waals surface area (Å²) in [5.74, 6) is 0. The second kappa shape index (κ2) is 13.1. The van der Waals surface area contributed by atoms with Crippen molar-refractivity contribution < 1.29 is 20.4 Å². The molecule has 0 heterocycles. The molecule has 4 rings (SSSR count). The first kappa shape index (κ1) is 24.1. The summed E-state index contributed by atoms with van der Waals surface area (Å²) in [6.45, 7) is 0. The van der Waals surface area contributed by atoms with Gasteiger partial charge in [-0.25, -0.2) is 0 Å². The molecule has 0 radical (unpaired) electrons. The average Bonchev–Trinajstić information content (AvgIpc) is 2.84. The van der Waals surface area contributed by atoms with Gasteiger partial charge >= 0.3 is 0 Å². The predicted molar refractivity (Wildman–Crippen MR) is 137 cm³/mol. The Morgan fingerprint density at radius 1 is 0.355 bits per heavy atom. The Hall–Kier alpha value is -1.60. The molecule has 3 heteroatoms. The summed E-state index contributed by atoms with van der Waals surface area (Å²) < 4.78 is 0. The Morgan fingerprint density at radius 2 is 0.581 bits per heavy atom. The summed E-state index contributed by atoms with van der Waals surface area (Å²) in [4.78, 5) is 0. The molecule has 0 fully saturated rings. The average molecular weight is 533 g/mol. The van der Waals surface area contributed by atoms with Gasteiger partial charge in [0, 0.05) is 20.4 Å². The first-order chi connectivity index (χ1) is 14.9. The van der Waals surface area contributed by atoms with Gasteiger partial charge in [-0.3, -0.25) is 0 Å². The third-order valence-corrected chi connectivity index (χ3v) is 10.5. The van der Waals surface area contributed by atoms with E-state index in [1.54, 1.807) is 0 Å². The molecule has 0 aromatic heterocycles. The van der Waals surface area contributed by atoms with Gasteiger partial charge in [0.15, 0.2) is 0 Å². The van der Waals surface area contributed by atoms with Gasteiger partial charge < -0.3 is 0 Å². The van der Waals surface area contributed by atoms with Crippen molar-refractivity contribution in [2.75, 3.05) is 12.3 Å². The van der Waals surface area contributed by atoms with Crippen molar-refractivity contribution in [3.63, 3.8) is 0 Å². The summed E-state index contributed by atoms with van der Waals surface area (Å²) in [6, 6.07) is 44.3. The van der Waals surface area contributed by atoms with E-state index in [9.17, 15) is 0 Å². The van der Waals surface area contributed by atoms with E-state index < -0.39 is 0 Å². The molecular weight excluding hydrogens is 505 g/mol. The van der Waals surface area contributed by atoms with Gasteiger partial charge in [-0.15, -0.1) is 0 Å². The van der Waals surface area contributed by atoms with Gasteiger partial charge in [0.1, 0.15) is 0 Å². The molecule has 0 aliphatic carbocycles. The van der Waals surface area contributed by atoms with Crippen LogP contribution in [0.15, 0.2) is 121 Å². The molecule has 4 aromatic rings. The van der Waals surface area contributed by atoms with Crippen molar-refractivity contribution in [1.29, 1.82) is 0 Å². The zero-order valence-corrected chi connectivity index (χ0v) is 20.9. The third-order valence-electron chi connectivity index (χ3n) is 5.28. The second-order valence-electron chi connectivity index (χ2n) is 7.35. The van der Waals surface area contributed by atoms with Crippen molar-refractivity contribution in [2.24, 2.45) is 0 Å². The fraction of sp³-hybridized carbons (Fsp3) is 0.143. The standard InChI is InChI=1S/C28H28P2.Pd/c1-5-15-25(16-6-1)29(26-17-7-2-8-18-26)23-13-14-24-30(27-19-9-3-10-20-27)28-21-11-4-12-22-28;/h1-12,15-22H,13-14,23-24H2;. The summed E-state index contributed by atoms with van der Waals surface area (Å²) in [5.41, 5.74) is 0. The van der Waals surface area contributed by atoms with Crippen LogP contribution in [0.3, 0.4) is 0 Å². The Balaban J connectivity index is 0.00000272. The first-order valence-corrected chi connectivity index (χ1v) is 13.7. The molecule has 0 N–H and O–H groups in total. The molecule has 160 valence electrons. The van der Waals surface area contributed by atoms with Crippen LogP contribution >= 0.6 is 15.8 Å². The van der Waals surface area contributed by atoms with E-state index in [1.165, 1.54) is 46.4 Å². The van der Waals surface area contributed by atoms with E-state index in [2.05, 4.69) is 121 Å². The van der Waals surface area contributed by atoms with E-state index in [1.807, 2.05) is 0 Å². The maximum atomic E-state index is 2.31. The first-order valence-electron chi connectivity index (χ1n) is 10.7. The number of benzene rings is 4. The molecule has 0 amide bonds. The molecule has 0 aliphatic rings. The van der Waals surface area contributed by atoms with Gasteiger partial charge in [-0.2, -0.15) is 0 Å². The summed E-state index contributed by atoms with van der Waals surface area (Å²) in [5, 5.41) is 5.97. The van der Waals surface area contributed by atoms with Crippen molar-refractivity contribution in [3.8, 4) is 0 Å². The molecule has 0 bridgehead atoms. The van der Waals surface area contributed by atoms with Crippen LogP contribution in [0.2, 0.25) is 0 Å². The van der Waals surface area contributed by atoms with Crippen LogP contribution in [0.1, 0.15) is 12.8 Å². The Kier molecular flexibility index (Phi) is 10.1. The Bertz CT molecular complexity index is 828. The minimum atomic E-state index is -0.283. The zero-order chi connectivity index (χ0) is 20.4. The van der Waals surface area contributed by atoms with Crippen molar-refractivity contribution in [2.45, 2.75) is 12.8 Å². The van der Waals surface area contributed by atoms with Crippen LogP contribution in [0.5, 0.6) is 0 Å². The molecular formula is C28H28P2Pd. The Morgan fingerprint density at radius 3 is 0.806 bits per heavy atom. The Labute approximate surface area is 203 Å². The summed E-state index contributed by atoms with van der Waals surface area (Å²) in [7, 11) is -0.566. The molecule has 0 aliphatic heterocycles. The van der Waals surface area contributed by atoms with Crippen LogP contribution in [0.4, 0.5) is 0 Å². The molecule has 0 nitrogen and oxygen atoms in total. The van der Waals surface area contributed by atoms with Crippen LogP contribution in [-0.2, 0) is 20.4 Å². The number of unbranched alkanes of at least 4 members (excludes halogenated alkanes) is 1. The van der Waals surface area contributed by atoms with Gasteiger partial charge in [0.05, 0.1) is 0 Å². The van der Waals surface area contributed by atoms with Crippen molar-refractivity contribution >= 4 is 37.1 Å². The molecule has 0 unspecified atom stereocenters. The smallest absolute Gasteiger partial charge is 0 e. The predicted octanol–water partition coefficient (Wildman–Crippen LogP) is 6.03. The molecule has 0 atom stereocenters. The van der Waals surface area contributed by atoms with Gasteiger partial charge in [0.25, 0.3) is 0 Å². The van der Waals surface area contributed by atoms with E-state index in [0.717, 1.165) is 0 Å². The fourth-order valence-electron chi connectivity index (χ4n) is 3.79. The van der Waals surface area contributed by atoms with E-state index in [0.29, 0.717) is 0 Å². The minimum Gasteiger partial charge on any atom is -0.0622 e. The molecule has 31 heavy (non-hydrogen) atoms. The van der Waals surface area contributed by atoms with Gasteiger partial charge in [-0.1, -0.05) is 121 Å². The van der Waals surface area contributed by atoms with Crippen molar-refractivity contribution in [1.82, 2.24) is 0 Å². The maximum Gasteiger partial charge on any atom is 0 e. The summed E-state index contributed by atoms with van der Waals surface area (Å²) in [6.07, 6.45) is 5.06. The van der Waals surface area contributed by atoms with Crippen LogP contribution in [-0.4, -0.2) is 12.3 Å². The SMILES string of the molecule is [Pd].c1ccc(P(CCCCP(c2ccccc2)c2ccccc2)c2ccccc2)cc1. The topological polar surface area (TPSA) is 0 Å². The van der Waals surface area contributed by atoms with E-state index in [4.69, 9.17) is 0 Å². The largest absolute Gasteiger partial charge is 0.0622 e. The molecule has 0 saturated heterocycles. The monoisotopic (exact) mass is 532 g/mol.